The highest BCUT2D eigenvalue weighted by Crippen LogP contribution is 2.18. The van der Waals surface area contributed by atoms with Gasteiger partial charge in [-0.15, -0.1) is 0 Å². The Hall–Kier alpha value is -2.57. The van der Waals surface area contributed by atoms with Gasteiger partial charge in [-0.25, -0.2) is 4.99 Å². The van der Waals surface area contributed by atoms with Crippen molar-refractivity contribution in [1.82, 2.24) is 20.4 Å². The first-order valence-corrected chi connectivity index (χ1v) is 10.2. The topological polar surface area (TPSA) is 77.0 Å². The monoisotopic (exact) mass is 387 g/mol. The number of carbonyl (C=O) groups excluding carboxylic acids is 2. The third kappa shape index (κ3) is 6.25. The summed E-state index contributed by atoms with van der Waals surface area (Å²) >= 11 is 0. The number of benzene rings is 1. The Morgan fingerprint density at radius 2 is 1.82 bits per heavy atom. The zero-order chi connectivity index (χ0) is 20.4. The SMILES string of the molecule is CCNC(=NCC(=O)N1CCc2ccccc2C1)NCCC(=O)N(CC)CC. The van der Waals surface area contributed by atoms with E-state index in [1.54, 1.807) is 0 Å². The van der Waals surface area contributed by atoms with Gasteiger partial charge in [-0.3, -0.25) is 9.59 Å². The van der Waals surface area contributed by atoms with Crippen molar-refractivity contribution in [3.05, 3.63) is 35.4 Å². The summed E-state index contributed by atoms with van der Waals surface area (Å²) in [5.41, 5.74) is 2.54. The van der Waals surface area contributed by atoms with E-state index in [9.17, 15) is 9.59 Å². The first kappa shape index (κ1) is 21.7. The Labute approximate surface area is 168 Å². The number of hydrogen-bond acceptors (Lipinski definition) is 3. The van der Waals surface area contributed by atoms with Crippen molar-refractivity contribution in [1.29, 1.82) is 0 Å². The average molecular weight is 388 g/mol. The van der Waals surface area contributed by atoms with E-state index in [0.717, 1.165) is 26.1 Å². The van der Waals surface area contributed by atoms with E-state index in [1.807, 2.05) is 42.7 Å². The molecule has 0 atom stereocenters. The number of hydrogen-bond donors (Lipinski definition) is 2. The van der Waals surface area contributed by atoms with E-state index >= 15 is 0 Å². The molecule has 2 amide bonds. The smallest absolute Gasteiger partial charge is 0.244 e. The quantitative estimate of drug-likeness (QED) is 0.522. The summed E-state index contributed by atoms with van der Waals surface area (Å²) in [6, 6.07) is 8.26. The van der Waals surface area contributed by atoms with Crippen LogP contribution < -0.4 is 10.6 Å². The molecule has 1 aliphatic heterocycles. The van der Waals surface area contributed by atoms with E-state index < -0.39 is 0 Å². The van der Waals surface area contributed by atoms with Gasteiger partial charge >= 0.3 is 0 Å². The van der Waals surface area contributed by atoms with E-state index in [-0.39, 0.29) is 18.4 Å². The summed E-state index contributed by atoms with van der Waals surface area (Å²) < 4.78 is 0. The maximum Gasteiger partial charge on any atom is 0.244 e. The normalized spacial score (nSPS) is 13.7. The van der Waals surface area contributed by atoms with Gasteiger partial charge in [0.1, 0.15) is 6.54 Å². The van der Waals surface area contributed by atoms with Crippen LogP contribution in [-0.2, 0) is 22.6 Å². The van der Waals surface area contributed by atoms with Gasteiger partial charge in [-0.2, -0.15) is 0 Å². The van der Waals surface area contributed by atoms with E-state index in [1.165, 1.54) is 11.1 Å². The zero-order valence-corrected chi connectivity index (χ0v) is 17.3. The molecule has 0 unspecified atom stereocenters. The number of aliphatic imine (C=N–C) groups is 1. The molecule has 2 N–H and O–H groups in total. The summed E-state index contributed by atoms with van der Waals surface area (Å²) in [6.45, 7) is 10.0. The van der Waals surface area contributed by atoms with Gasteiger partial charge in [0.25, 0.3) is 0 Å². The lowest BCUT2D eigenvalue weighted by molar-refractivity contribution is -0.131. The Morgan fingerprint density at radius 3 is 2.50 bits per heavy atom. The van der Waals surface area contributed by atoms with Gasteiger partial charge in [-0.1, -0.05) is 24.3 Å². The molecule has 0 bridgehead atoms. The predicted octanol–water partition coefficient (Wildman–Crippen LogP) is 1.38. The van der Waals surface area contributed by atoms with E-state index in [2.05, 4.69) is 27.8 Å². The number of amides is 2. The van der Waals surface area contributed by atoms with Gasteiger partial charge in [-0.05, 0) is 38.3 Å². The maximum absolute atomic E-state index is 12.6. The first-order chi connectivity index (χ1) is 13.6. The van der Waals surface area contributed by atoms with Crippen molar-refractivity contribution in [2.75, 3.05) is 39.3 Å². The average Bonchev–Trinajstić information content (AvgIpc) is 2.72. The number of rotatable bonds is 8. The van der Waals surface area contributed by atoms with Crippen molar-refractivity contribution in [3.63, 3.8) is 0 Å². The summed E-state index contributed by atoms with van der Waals surface area (Å²) in [5, 5.41) is 6.28. The van der Waals surface area contributed by atoms with Crippen LogP contribution in [0.4, 0.5) is 0 Å². The molecule has 1 aromatic carbocycles. The highest BCUT2D eigenvalue weighted by molar-refractivity contribution is 5.85. The minimum absolute atomic E-state index is 0.0194. The van der Waals surface area contributed by atoms with Crippen LogP contribution in [0.25, 0.3) is 0 Å². The predicted molar refractivity (Wildman–Crippen MR) is 112 cm³/mol. The highest BCUT2D eigenvalue weighted by atomic mass is 16.2. The summed E-state index contributed by atoms with van der Waals surface area (Å²) in [4.78, 5) is 32.7. The number of fused-ring (bicyclic) bond motifs is 1. The van der Waals surface area contributed by atoms with Crippen LogP contribution in [0.1, 0.15) is 38.3 Å². The van der Waals surface area contributed by atoms with Crippen molar-refractivity contribution in [2.24, 2.45) is 4.99 Å². The summed E-state index contributed by atoms with van der Waals surface area (Å²) in [7, 11) is 0. The standard InChI is InChI=1S/C21H33N5O2/c1-4-22-21(23-13-11-19(27)25(5-2)6-3)24-15-20(28)26-14-12-17-9-7-8-10-18(17)16-26/h7-10H,4-6,11-16H2,1-3H3,(H2,22,23,24). The van der Waals surface area contributed by atoms with Gasteiger partial charge in [0.05, 0.1) is 0 Å². The fourth-order valence-corrected chi connectivity index (χ4v) is 3.32. The van der Waals surface area contributed by atoms with Crippen molar-refractivity contribution >= 4 is 17.8 Å². The lowest BCUT2D eigenvalue weighted by Gasteiger charge is -2.28. The van der Waals surface area contributed by atoms with Crippen molar-refractivity contribution in [2.45, 2.75) is 40.2 Å². The molecule has 1 aromatic rings. The first-order valence-electron chi connectivity index (χ1n) is 10.2. The molecule has 0 saturated carbocycles. The third-order valence-corrected chi connectivity index (χ3v) is 4.95. The second-order valence-corrected chi connectivity index (χ2v) is 6.77. The van der Waals surface area contributed by atoms with E-state index in [0.29, 0.717) is 32.0 Å². The van der Waals surface area contributed by atoms with Crippen molar-refractivity contribution < 1.29 is 9.59 Å². The second-order valence-electron chi connectivity index (χ2n) is 6.77. The molecule has 1 aliphatic rings. The molecule has 0 radical (unpaired) electrons. The Kier molecular flexibility index (Phi) is 8.78. The van der Waals surface area contributed by atoms with Gasteiger partial charge in [0.15, 0.2) is 5.96 Å². The summed E-state index contributed by atoms with van der Waals surface area (Å²) in [6.07, 6.45) is 1.29. The molecular weight excluding hydrogens is 354 g/mol. The molecule has 28 heavy (non-hydrogen) atoms. The molecule has 2 rings (SSSR count). The molecule has 0 fully saturated rings. The minimum atomic E-state index is 0.0194. The van der Waals surface area contributed by atoms with Crippen molar-refractivity contribution in [3.8, 4) is 0 Å². The molecule has 7 nitrogen and oxygen atoms in total. The molecule has 0 spiro atoms. The van der Waals surface area contributed by atoms with Crippen LogP contribution >= 0.6 is 0 Å². The van der Waals surface area contributed by atoms with Crippen LogP contribution in [0.2, 0.25) is 0 Å². The van der Waals surface area contributed by atoms with Gasteiger partial charge in [0, 0.05) is 45.7 Å². The zero-order valence-electron chi connectivity index (χ0n) is 17.3. The fraction of sp³-hybridized carbons (Fsp3) is 0.571. The number of carbonyl (C=O) groups is 2. The second kappa shape index (κ2) is 11.3. The van der Waals surface area contributed by atoms with Gasteiger partial charge in [0.2, 0.25) is 11.8 Å². The largest absolute Gasteiger partial charge is 0.357 e. The van der Waals surface area contributed by atoms with E-state index in [4.69, 9.17) is 0 Å². The lowest BCUT2D eigenvalue weighted by Crippen LogP contribution is -2.41. The Morgan fingerprint density at radius 1 is 1.11 bits per heavy atom. The Bertz CT molecular complexity index is 685. The van der Waals surface area contributed by atoms with Crippen LogP contribution in [-0.4, -0.2) is 66.8 Å². The molecule has 1 heterocycles. The number of nitrogens with one attached hydrogen (secondary N) is 2. The van der Waals surface area contributed by atoms with Gasteiger partial charge < -0.3 is 20.4 Å². The molecular formula is C21H33N5O2. The fourth-order valence-electron chi connectivity index (χ4n) is 3.32. The van der Waals surface area contributed by atoms with Crippen LogP contribution in [0, 0.1) is 0 Å². The molecule has 7 heteroatoms. The highest BCUT2D eigenvalue weighted by Gasteiger charge is 2.20. The minimum Gasteiger partial charge on any atom is -0.357 e. The molecule has 0 saturated heterocycles. The molecule has 0 aliphatic carbocycles. The third-order valence-electron chi connectivity index (χ3n) is 4.95. The maximum atomic E-state index is 12.6. The number of nitrogens with zero attached hydrogens (tertiary/aromatic N) is 3. The van der Waals surface area contributed by atoms with Crippen LogP contribution in [0.15, 0.2) is 29.3 Å². The Balaban J connectivity index is 1.84. The van der Waals surface area contributed by atoms with Crippen LogP contribution in [0.3, 0.4) is 0 Å². The molecule has 154 valence electrons. The summed E-state index contributed by atoms with van der Waals surface area (Å²) in [5.74, 6) is 0.711. The number of guanidine groups is 1. The van der Waals surface area contributed by atoms with Crippen LogP contribution in [0.5, 0.6) is 0 Å². The lowest BCUT2D eigenvalue weighted by atomic mass is 10.00. The molecule has 0 aromatic heterocycles.